The van der Waals surface area contributed by atoms with E-state index >= 15 is 0 Å². The Morgan fingerprint density at radius 3 is 1.72 bits per heavy atom. The molecule has 7 heteroatoms. The summed E-state index contributed by atoms with van der Waals surface area (Å²) in [4.78, 5) is 23.8. The molecular weight excluding hydrogens is 509 g/mol. The summed E-state index contributed by atoms with van der Waals surface area (Å²) in [5.74, 6) is 0.220. The van der Waals surface area contributed by atoms with Crippen LogP contribution in [0.5, 0.6) is 0 Å². The van der Waals surface area contributed by atoms with Gasteiger partial charge >= 0.3 is 7.82 Å². The van der Waals surface area contributed by atoms with Gasteiger partial charge in [0.05, 0.1) is 19.7 Å². The Balaban J connectivity index is 2.07. The van der Waals surface area contributed by atoms with Gasteiger partial charge in [-0.05, 0) is 18.8 Å². The lowest BCUT2D eigenvalue weighted by molar-refractivity contribution is -0.887. The van der Waals surface area contributed by atoms with E-state index in [0.29, 0.717) is 12.8 Å². The maximum Gasteiger partial charge on any atom is 0.472 e. The van der Waals surface area contributed by atoms with Crippen LogP contribution in [0, 0.1) is 5.92 Å². The van der Waals surface area contributed by atoms with Gasteiger partial charge in [-0.3, -0.25) is 13.8 Å². The van der Waals surface area contributed by atoms with Crippen molar-refractivity contribution < 1.29 is 28.2 Å². The van der Waals surface area contributed by atoms with Crippen LogP contribution in [0.1, 0.15) is 162 Å². The highest BCUT2D eigenvalue weighted by Gasteiger charge is 2.25. The summed E-state index contributed by atoms with van der Waals surface area (Å²) in [5, 5.41) is 0. The molecule has 1 heterocycles. The average molecular weight is 575 g/mol. The zero-order chi connectivity index (χ0) is 28.4. The number of carbonyl (C=O) groups excluding carboxylic acids is 1. The first kappa shape index (κ1) is 36.8. The second kappa shape index (κ2) is 25.5. The zero-order valence-electron chi connectivity index (χ0n) is 25.9. The maximum atomic E-state index is 12.4. The third-order valence-corrected chi connectivity index (χ3v) is 9.24. The van der Waals surface area contributed by atoms with Gasteiger partial charge in [0, 0.05) is 25.7 Å². The first-order valence-corrected chi connectivity index (χ1v) is 18.4. The van der Waals surface area contributed by atoms with Gasteiger partial charge in [0.1, 0.15) is 18.9 Å². The molecule has 2 N–H and O–H groups in total. The van der Waals surface area contributed by atoms with Gasteiger partial charge in [-0.2, -0.15) is 0 Å². The van der Waals surface area contributed by atoms with E-state index in [-0.39, 0.29) is 24.9 Å². The first-order chi connectivity index (χ1) is 19.0. The first-order valence-electron chi connectivity index (χ1n) is 16.9. The molecule has 0 spiro atoms. The summed E-state index contributed by atoms with van der Waals surface area (Å²) >= 11 is 0. The number of nitrogens with one attached hydrogen (secondary N) is 1. The minimum Gasteiger partial charge on any atom is -0.333 e. The molecule has 2 atom stereocenters. The number of likely N-dealkylation sites (tertiary alicyclic amines) is 1. The van der Waals surface area contributed by atoms with Crippen molar-refractivity contribution in [3.63, 3.8) is 0 Å². The lowest BCUT2D eigenvalue weighted by atomic mass is 9.94. The Morgan fingerprint density at radius 1 is 0.744 bits per heavy atom. The smallest absolute Gasteiger partial charge is 0.333 e. The van der Waals surface area contributed by atoms with Crippen LogP contribution < -0.4 is 4.90 Å². The van der Waals surface area contributed by atoms with E-state index in [9.17, 15) is 14.3 Å². The normalized spacial score (nSPS) is 16.5. The van der Waals surface area contributed by atoms with Crippen molar-refractivity contribution in [3.8, 4) is 0 Å². The van der Waals surface area contributed by atoms with Crippen molar-refractivity contribution >= 4 is 13.6 Å². The van der Waals surface area contributed by atoms with E-state index in [1.165, 1.54) is 114 Å². The summed E-state index contributed by atoms with van der Waals surface area (Å²) in [6.45, 7) is 7.62. The molecule has 0 aromatic carbocycles. The lowest BCUT2D eigenvalue weighted by Crippen LogP contribution is -3.10. The van der Waals surface area contributed by atoms with Crippen LogP contribution in [0.4, 0.5) is 0 Å². The van der Waals surface area contributed by atoms with E-state index in [4.69, 9.17) is 9.05 Å². The predicted molar refractivity (Wildman–Crippen MR) is 163 cm³/mol. The van der Waals surface area contributed by atoms with Crippen LogP contribution in [0.15, 0.2) is 0 Å². The number of hydrogen-bond donors (Lipinski definition) is 2. The molecule has 1 aliphatic heterocycles. The van der Waals surface area contributed by atoms with Gasteiger partial charge in [-0.1, -0.05) is 123 Å². The maximum absolute atomic E-state index is 12.4. The molecule has 2 unspecified atom stereocenters. The lowest BCUT2D eigenvalue weighted by Gasteiger charge is -2.19. The SMILES string of the molecule is CCCCCCCCCCCCCCCCCCCC(COP(=O)(O)OCC[NH+]1CCCC1)CC(=O)CCC. The Kier molecular flexibility index (Phi) is 24.0. The van der Waals surface area contributed by atoms with E-state index in [1.807, 2.05) is 6.92 Å². The molecule has 0 aliphatic carbocycles. The average Bonchev–Trinajstić information content (AvgIpc) is 3.42. The van der Waals surface area contributed by atoms with Crippen molar-refractivity contribution in [2.24, 2.45) is 5.92 Å². The molecular formula is C32H65NO5P+. The number of rotatable bonds is 29. The van der Waals surface area contributed by atoms with Crippen LogP contribution in [-0.2, 0) is 18.4 Å². The quantitative estimate of drug-likeness (QED) is 0.0695. The molecule has 0 saturated carbocycles. The number of hydrogen-bond acceptors (Lipinski definition) is 4. The number of unbranched alkanes of at least 4 members (excludes halogenated alkanes) is 16. The number of carbonyl (C=O) groups is 1. The third kappa shape index (κ3) is 23.0. The summed E-state index contributed by atoms with van der Waals surface area (Å²) in [6, 6.07) is 0. The fourth-order valence-corrected chi connectivity index (χ4v) is 6.57. The van der Waals surface area contributed by atoms with Crippen LogP contribution in [0.2, 0.25) is 0 Å². The number of Topliss-reactive ketones (excluding diaryl/α,β-unsaturated/α-hetero) is 1. The van der Waals surface area contributed by atoms with Gasteiger partial charge in [-0.25, -0.2) is 4.57 Å². The Morgan fingerprint density at radius 2 is 1.23 bits per heavy atom. The molecule has 0 bridgehead atoms. The molecule has 1 fully saturated rings. The number of phosphoric ester groups is 1. The molecule has 6 nitrogen and oxygen atoms in total. The molecule has 0 aromatic heterocycles. The summed E-state index contributed by atoms with van der Waals surface area (Å²) in [6.07, 6.45) is 28.0. The molecule has 232 valence electrons. The molecule has 0 amide bonds. The van der Waals surface area contributed by atoms with Crippen LogP contribution >= 0.6 is 7.82 Å². The second-order valence-electron chi connectivity index (χ2n) is 12.1. The van der Waals surface area contributed by atoms with Gasteiger partial charge in [0.15, 0.2) is 0 Å². The fraction of sp³-hybridized carbons (Fsp3) is 0.969. The Hall–Kier alpha value is -0.260. The summed E-state index contributed by atoms with van der Waals surface area (Å²) in [7, 11) is -4.06. The molecule has 1 saturated heterocycles. The van der Waals surface area contributed by atoms with Crippen molar-refractivity contribution in [3.05, 3.63) is 0 Å². The van der Waals surface area contributed by atoms with Gasteiger partial charge in [0.2, 0.25) is 0 Å². The highest BCUT2D eigenvalue weighted by molar-refractivity contribution is 7.47. The predicted octanol–water partition coefficient (Wildman–Crippen LogP) is 8.22. The molecule has 0 aromatic rings. The number of ketones is 1. The van der Waals surface area contributed by atoms with Crippen LogP contribution in [0.3, 0.4) is 0 Å². The minimum absolute atomic E-state index is 0.00586. The zero-order valence-corrected chi connectivity index (χ0v) is 26.8. The second-order valence-corrected chi connectivity index (χ2v) is 13.6. The summed E-state index contributed by atoms with van der Waals surface area (Å²) in [5.41, 5.74) is 0. The molecule has 1 aliphatic rings. The Bertz CT molecular complexity index is 611. The van der Waals surface area contributed by atoms with Crippen molar-refractivity contribution in [1.82, 2.24) is 0 Å². The van der Waals surface area contributed by atoms with Gasteiger partial charge in [0.25, 0.3) is 0 Å². The van der Waals surface area contributed by atoms with Crippen molar-refractivity contribution in [2.45, 2.75) is 162 Å². The van der Waals surface area contributed by atoms with E-state index in [2.05, 4.69) is 6.92 Å². The highest BCUT2D eigenvalue weighted by atomic mass is 31.2. The molecule has 1 rings (SSSR count). The summed E-state index contributed by atoms with van der Waals surface area (Å²) < 4.78 is 22.9. The largest absolute Gasteiger partial charge is 0.472 e. The number of phosphoric acid groups is 1. The molecule has 0 radical (unpaired) electrons. The Labute approximate surface area is 242 Å². The number of quaternary nitrogens is 1. The van der Waals surface area contributed by atoms with Crippen LogP contribution in [-0.4, -0.2) is 43.5 Å². The van der Waals surface area contributed by atoms with Gasteiger partial charge < -0.3 is 9.79 Å². The third-order valence-electron chi connectivity index (χ3n) is 8.26. The van der Waals surface area contributed by atoms with Crippen molar-refractivity contribution in [1.29, 1.82) is 0 Å². The van der Waals surface area contributed by atoms with E-state index in [0.717, 1.165) is 45.3 Å². The minimum atomic E-state index is -4.06. The van der Waals surface area contributed by atoms with E-state index < -0.39 is 7.82 Å². The van der Waals surface area contributed by atoms with E-state index in [1.54, 1.807) is 0 Å². The monoisotopic (exact) mass is 574 g/mol. The van der Waals surface area contributed by atoms with Gasteiger partial charge in [-0.15, -0.1) is 0 Å². The van der Waals surface area contributed by atoms with Crippen LogP contribution in [0.25, 0.3) is 0 Å². The fourth-order valence-electron chi connectivity index (χ4n) is 5.77. The standard InChI is InChI=1S/C32H64NO5P/c1-3-5-6-7-8-9-10-11-12-13-14-15-16-17-18-19-20-24-31(29-32(34)23-4-2)30-38-39(35,36)37-28-27-33-25-21-22-26-33/h31H,3-30H2,1-2H3,(H,35,36)/p+1. The highest BCUT2D eigenvalue weighted by Crippen LogP contribution is 2.43. The molecule has 39 heavy (non-hydrogen) atoms. The topological polar surface area (TPSA) is 77.3 Å². The van der Waals surface area contributed by atoms with Crippen molar-refractivity contribution in [2.75, 3.05) is 32.8 Å².